The van der Waals surface area contributed by atoms with Crippen molar-refractivity contribution in [3.05, 3.63) is 79.1 Å². The summed E-state index contributed by atoms with van der Waals surface area (Å²) in [5.74, 6) is 0. The van der Waals surface area contributed by atoms with Crippen molar-refractivity contribution in [1.29, 1.82) is 0 Å². The molecule has 0 aliphatic rings. The Morgan fingerprint density at radius 1 is 0.893 bits per heavy atom. The zero-order valence-electron chi connectivity index (χ0n) is 18.0. The number of hydrogen-bond acceptors (Lipinski definition) is 3. The third kappa shape index (κ3) is 7.91. The van der Waals surface area contributed by atoms with Gasteiger partial charge in [-0.2, -0.15) is 0 Å². The highest BCUT2D eigenvalue weighted by molar-refractivity contribution is 5.73. The second-order valence-corrected chi connectivity index (χ2v) is 7.64. The molecule has 152 valence electrons. The van der Waals surface area contributed by atoms with Crippen molar-refractivity contribution in [3.8, 4) is 0 Å². The first-order valence-corrected chi connectivity index (χ1v) is 9.86. The second-order valence-electron chi connectivity index (χ2n) is 7.64. The molecular formula is C25H37N3. The summed E-state index contributed by atoms with van der Waals surface area (Å²) in [6.07, 6.45) is 3.97. The molecule has 3 nitrogen and oxygen atoms in total. The lowest BCUT2D eigenvalue weighted by atomic mass is 10.0. The first-order valence-electron chi connectivity index (χ1n) is 9.86. The first kappa shape index (κ1) is 23.4. The summed E-state index contributed by atoms with van der Waals surface area (Å²) >= 11 is 0. The Morgan fingerprint density at radius 3 is 1.82 bits per heavy atom. The zero-order chi connectivity index (χ0) is 21.3. The van der Waals surface area contributed by atoms with Crippen LogP contribution in [0.2, 0.25) is 0 Å². The number of allylic oxidation sites excluding steroid dienone is 5. The number of benzene rings is 1. The normalized spacial score (nSPS) is 10.2. The van der Waals surface area contributed by atoms with E-state index in [2.05, 4.69) is 55.2 Å². The van der Waals surface area contributed by atoms with Gasteiger partial charge in [-0.15, -0.1) is 0 Å². The number of nitrogen functional groups attached to an aromatic ring is 1. The fraction of sp³-hybridized carbons (Fsp3) is 0.360. The van der Waals surface area contributed by atoms with E-state index in [9.17, 15) is 0 Å². The highest BCUT2D eigenvalue weighted by Crippen LogP contribution is 2.28. The van der Waals surface area contributed by atoms with Crippen LogP contribution in [0.1, 0.15) is 46.5 Å². The fourth-order valence-electron chi connectivity index (χ4n) is 2.84. The van der Waals surface area contributed by atoms with Gasteiger partial charge in [-0.3, -0.25) is 0 Å². The van der Waals surface area contributed by atoms with Crippen molar-refractivity contribution in [3.63, 3.8) is 0 Å². The molecule has 0 saturated carbocycles. The molecule has 0 fully saturated rings. The van der Waals surface area contributed by atoms with E-state index in [0.717, 1.165) is 83.8 Å². The maximum absolute atomic E-state index is 6.12. The molecule has 3 heteroatoms. The lowest BCUT2D eigenvalue weighted by Gasteiger charge is -2.26. The fourth-order valence-corrected chi connectivity index (χ4v) is 2.84. The Kier molecular flexibility index (Phi) is 9.37. The molecule has 0 amide bonds. The van der Waals surface area contributed by atoms with Crippen molar-refractivity contribution in [2.45, 2.75) is 46.5 Å². The minimum absolute atomic E-state index is 0.720. The minimum Gasteiger partial charge on any atom is -0.397 e. The van der Waals surface area contributed by atoms with Gasteiger partial charge in [0.05, 0.1) is 11.4 Å². The van der Waals surface area contributed by atoms with E-state index in [0.29, 0.717) is 0 Å². The van der Waals surface area contributed by atoms with Gasteiger partial charge in [-0.25, -0.2) is 0 Å². The van der Waals surface area contributed by atoms with Crippen LogP contribution in [0.3, 0.4) is 0 Å². The van der Waals surface area contributed by atoms with Crippen molar-refractivity contribution in [2.75, 3.05) is 29.0 Å². The summed E-state index contributed by atoms with van der Waals surface area (Å²) in [5, 5.41) is 3.25. The second kappa shape index (κ2) is 11.2. The van der Waals surface area contributed by atoms with E-state index in [-0.39, 0.29) is 0 Å². The maximum Gasteiger partial charge on any atom is 0.0636 e. The predicted octanol–water partition coefficient (Wildman–Crippen LogP) is 6.85. The molecule has 0 unspecified atom stereocenters. The van der Waals surface area contributed by atoms with Crippen LogP contribution in [0.4, 0.5) is 17.1 Å². The van der Waals surface area contributed by atoms with E-state index < -0.39 is 0 Å². The molecule has 0 radical (unpaired) electrons. The minimum atomic E-state index is 0.720. The lowest BCUT2D eigenvalue weighted by Crippen LogP contribution is -2.26. The Morgan fingerprint density at radius 2 is 1.39 bits per heavy atom. The predicted molar refractivity (Wildman–Crippen MR) is 128 cm³/mol. The Bertz CT molecular complexity index is 723. The van der Waals surface area contributed by atoms with Gasteiger partial charge in [-0.1, -0.05) is 55.2 Å². The van der Waals surface area contributed by atoms with Gasteiger partial charge in [0.25, 0.3) is 0 Å². The van der Waals surface area contributed by atoms with Crippen LogP contribution in [0, 0.1) is 0 Å². The number of hydrogen-bond donors (Lipinski definition) is 2. The highest BCUT2D eigenvalue weighted by Gasteiger charge is 2.10. The van der Waals surface area contributed by atoms with E-state index in [4.69, 9.17) is 5.73 Å². The van der Waals surface area contributed by atoms with Gasteiger partial charge in [-0.05, 0) is 64.7 Å². The summed E-state index contributed by atoms with van der Waals surface area (Å²) in [6, 6.07) is 6.14. The molecule has 0 aliphatic carbocycles. The zero-order valence-corrected chi connectivity index (χ0v) is 18.0. The van der Waals surface area contributed by atoms with Gasteiger partial charge in [0.2, 0.25) is 0 Å². The van der Waals surface area contributed by atoms with Crippen LogP contribution >= 0.6 is 0 Å². The van der Waals surface area contributed by atoms with Gasteiger partial charge in [0, 0.05) is 24.5 Å². The van der Waals surface area contributed by atoms with Crippen molar-refractivity contribution < 1.29 is 0 Å². The van der Waals surface area contributed by atoms with Crippen LogP contribution in [0.5, 0.6) is 0 Å². The maximum atomic E-state index is 6.12. The summed E-state index contributed by atoms with van der Waals surface area (Å²) in [5.41, 5.74) is 14.1. The average molecular weight is 380 g/mol. The SMILES string of the molecule is C=C(C)Nc1cc(N(CCCC(=C)C(=C)C)CCCC(=C)C(=C)C)ccc1N. The van der Waals surface area contributed by atoms with Gasteiger partial charge in [0.1, 0.15) is 0 Å². The number of anilines is 3. The van der Waals surface area contributed by atoms with Crippen LogP contribution in [0.15, 0.2) is 79.1 Å². The van der Waals surface area contributed by atoms with Gasteiger partial charge in [0.15, 0.2) is 0 Å². The Hall–Kier alpha value is -2.68. The van der Waals surface area contributed by atoms with Crippen molar-refractivity contribution in [2.24, 2.45) is 0 Å². The first-order chi connectivity index (χ1) is 13.1. The largest absolute Gasteiger partial charge is 0.397 e. The van der Waals surface area contributed by atoms with Crippen LogP contribution < -0.4 is 16.0 Å². The molecule has 28 heavy (non-hydrogen) atoms. The number of nitrogens with one attached hydrogen (secondary N) is 1. The van der Waals surface area contributed by atoms with Crippen molar-refractivity contribution in [1.82, 2.24) is 0 Å². The highest BCUT2D eigenvalue weighted by atomic mass is 15.1. The molecule has 0 saturated heterocycles. The molecule has 0 aliphatic heterocycles. The molecule has 0 heterocycles. The average Bonchev–Trinajstić information content (AvgIpc) is 2.61. The number of rotatable bonds is 13. The molecule has 0 bridgehead atoms. The van der Waals surface area contributed by atoms with Crippen molar-refractivity contribution >= 4 is 17.1 Å². The third-order valence-electron chi connectivity index (χ3n) is 4.77. The smallest absolute Gasteiger partial charge is 0.0636 e. The molecule has 1 aromatic rings. The molecular weight excluding hydrogens is 342 g/mol. The molecule has 3 N–H and O–H groups in total. The standard InChI is InChI=1S/C25H37N3/c1-18(2)21(7)11-9-15-28(16-10-12-22(8)19(3)4)23-13-14-24(26)25(17-23)27-20(5)6/h13-14,17,27H,1,3,5,7-12,15-16,26H2,2,4,6H3. The van der Waals surface area contributed by atoms with E-state index in [1.54, 1.807) is 0 Å². The quantitative estimate of drug-likeness (QED) is 0.291. The molecule has 1 rings (SSSR count). The monoisotopic (exact) mass is 379 g/mol. The summed E-state index contributed by atoms with van der Waals surface area (Å²) in [4.78, 5) is 2.40. The number of nitrogens with zero attached hydrogens (tertiary/aromatic N) is 1. The Balaban J connectivity index is 2.90. The summed E-state index contributed by atoms with van der Waals surface area (Å²) in [7, 11) is 0. The molecule has 0 aromatic heterocycles. The Labute approximate surface area is 172 Å². The van der Waals surface area contributed by atoms with E-state index in [1.807, 2.05) is 26.8 Å². The summed E-state index contributed by atoms with van der Waals surface area (Å²) in [6.45, 7) is 28.0. The molecule has 0 spiro atoms. The molecule has 1 aromatic carbocycles. The van der Waals surface area contributed by atoms with Crippen LogP contribution in [-0.4, -0.2) is 13.1 Å². The molecule has 0 atom stereocenters. The van der Waals surface area contributed by atoms with Crippen LogP contribution in [0.25, 0.3) is 0 Å². The number of nitrogens with two attached hydrogens (primary N) is 1. The van der Waals surface area contributed by atoms with E-state index in [1.165, 1.54) is 0 Å². The summed E-state index contributed by atoms with van der Waals surface area (Å²) < 4.78 is 0. The lowest BCUT2D eigenvalue weighted by molar-refractivity contribution is 0.692. The van der Waals surface area contributed by atoms with Gasteiger partial charge < -0.3 is 16.0 Å². The topological polar surface area (TPSA) is 41.3 Å². The van der Waals surface area contributed by atoms with E-state index >= 15 is 0 Å². The third-order valence-corrected chi connectivity index (χ3v) is 4.77. The van der Waals surface area contributed by atoms with Gasteiger partial charge >= 0.3 is 0 Å². The van der Waals surface area contributed by atoms with Crippen LogP contribution in [-0.2, 0) is 0 Å².